The summed E-state index contributed by atoms with van der Waals surface area (Å²) < 4.78 is 0. The number of likely N-dealkylation sites (N-methyl/N-ethyl adjacent to an activating group) is 1. The third-order valence-corrected chi connectivity index (χ3v) is 3.31. The van der Waals surface area contributed by atoms with Gasteiger partial charge in [-0.15, -0.1) is 12.4 Å². The quantitative estimate of drug-likeness (QED) is 0.816. The molecule has 1 aromatic carbocycles. The Morgan fingerprint density at radius 3 is 2.89 bits per heavy atom. The molecule has 0 radical (unpaired) electrons. The predicted octanol–water partition coefficient (Wildman–Crippen LogP) is 2.20. The molecule has 0 heterocycles. The predicted molar refractivity (Wildman–Crippen MR) is 76.5 cm³/mol. The molecule has 2 N–H and O–H groups in total. The molecule has 0 aliphatic heterocycles. The Labute approximate surface area is 119 Å². The van der Waals surface area contributed by atoms with Crippen LogP contribution >= 0.6 is 24.0 Å². The lowest BCUT2D eigenvalue weighted by atomic mass is 10.1. The Morgan fingerprint density at radius 2 is 2.22 bits per heavy atom. The second-order valence-corrected chi connectivity index (χ2v) is 4.83. The molecule has 1 fully saturated rings. The van der Waals surface area contributed by atoms with Crippen molar-refractivity contribution in [2.24, 2.45) is 5.92 Å². The third kappa shape index (κ3) is 3.87. The second kappa shape index (κ2) is 6.98. The van der Waals surface area contributed by atoms with Crippen molar-refractivity contribution in [2.45, 2.75) is 12.3 Å². The molecule has 1 aliphatic carbocycles. The van der Waals surface area contributed by atoms with E-state index >= 15 is 0 Å². The standard InChI is InChI=1S/C13H17ClN2O.ClH/c1-15-5-6-16-13(17)12-8-11(12)9-3-2-4-10(14)7-9;/h2-4,7,11-12,15H,5-6,8H2,1H3,(H,16,17);1H. The van der Waals surface area contributed by atoms with Gasteiger partial charge < -0.3 is 10.6 Å². The normalized spacial score (nSPS) is 21.0. The summed E-state index contributed by atoms with van der Waals surface area (Å²) in [5.41, 5.74) is 1.17. The first kappa shape index (κ1) is 15.3. The lowest BCUT2D eigenvalue weighted by Gasteiger charge is -2.04. The molecule has 100 valence electrons. The number of benzene rings is 1. The van der Waals surface area contributed by atoms with Crippen LogP contribution in [-0.4, -0.2) is 26.0 Å². The maximum Gasteiger partial charge on any atom is 0.223 e. The van der Waals surface area contributed by atoms with Gasteiger partial charge in [-0.25, -0.2) is 0 Å². The Morgan fingerprint density at radius 1 is 1.44 bits per heavy atom. The Bertz CT molecular complexity index is 412. The average molecular weight is 289 g/mol. The van der Waals surface area contributed by atoms with Crippen molar-refractivity contribution in [1.29, 1.82) is 0 Å². The molecule has 0 bridgehead atoms. The summed E-state index contributed by atoms with van der Waals surface area (Å²) in [4.78, 5) is 11.8. The van der Waals surface area contributed by atoms with Crippen LogP contribution < -0.4 is 10.6 Å². The summed E-state index contributed by atoms with van der Waals surface area (Å²) in [6.07, 6.45) is 0.936. The van der Waals surface area contributed by atoms with Gasteiger partial charge in [0.25, 0.3) is 0 Å². The first-order valence-electron chi connectivity index (χ1n) is 5.90. The molecule has 5 heteroatoms. The van der Waals surface area contributed by atoms with E-state index < -0.39 is 0 Å². The van der Waals surface area contributed by atoms with Gasteiger partial charge in [0.15, 0.2) is 0 Å². The highest BCUT2D eigenvalue weighted by Crippen LogP contribution is 2.47. The molecule has 1 saturated carbocycles. The minimum absolute atomic E-state index is 0. The van der Waals surface area contributed by atoms with Gasteiger partial charge in [-0.2, -0.15) is 0 Å². The maximum absolute atomic E-state index is 11.8. The van der Waals surface area contributed by atoms with Crippen LogP contribution in [0.5, 0.6) is 0 Å². The Balaban J connectivity index is 0.00000162. The zero-order valence-electron chi connectivity index (χ0n) is 10.3. The van der Waals surface area contributed by atoms with Crippen molar-refractivity contribution >= 4 is 29.9 Å². The molecule has 3 nitrogen and oxygen atoms in total. The van der Waals surface area contributed by atoms with Crippen LogP contribution in [0.15, 0.2) is 24.3 Å². The highest BCUT2D eigenvalue weighted by Gasteiger charge is 2.43. The molecule has 1 amide bonds. The van der Waals surface area contributed by atoms with Gasteiger partial charge in [-0.05, 0) is 37.1 Å². The smallest absolute Gasteiger partial charge is 0.223 e. The number of hydrogen-bond donors (Lipinski definition) is 2. The van der Waals surface area contributed by atoms with Crippen LogP contribution in [0.1, 0.15) is 17.9 Å². The summed E-state index contributed by atoms with van der Waals surface area (Å²) in [5, 5.41) is 6.67. The zero-order chi connectivity index (χ0) is 12.3. The summed E-state index contributed by atoms with van der Waals surface area (Å²) >= 11 is 5.94. The van der Waals surface area contributed by atoms with E-state index in [0.29, 0.717) is 12.5 Å². The van der Waals surface area contributed by atoms with Gasteiger partial charge in [0.1, 0.15) is 0 Å². The van der Waals surface area contributed by atoms with E-state index in [0.717, 1.165) is 18.0 Å². The van der Waals surface area contributed by atoms with Crippen molar-refractivity contribution in [3.05, 3.63) is 34.9 Å². The number of nitrogens with one attached hydrogen (secondary N) is 2. The molecular formula is C13H18Cl2N2O. The fraction of sp³-hybridized carbons (Fsp3) is 0.462. The molecule has 2 unspecified atom stereocenters. The number of halogens is 2. The van der Waals surface area contributed by atoms with E-state index in [1.807, 2.05) is 31.3 Å². The number of rotatable bonds is 5. The highest BCUT2D eigenvalue weighted by atomic mass is 35.5. The molecule has 0 saturated heterocycles. The van der Waals surface area contributed by atoms with Crippen LogP contribution in [0.4, 0.5) is 0 Å². The number of carbonyl (C=O) groups is 1. The van der Waals surface area contributed by atoms with Crippen molar-refractivity contribution in [2.75, 3.05) is 20.1 Å². The van der Waals surface area contributed by atoms with Crippen LogP contribution in [0.2, 0.25) is 5.02 Å². The van der Waals surface area contributed by atoms with Gasteiger partial charge in [0.05, 0.1) is 0 Å². The third-order valence-electron chi connectivity index (χ3n) is 3.08. The molecular weight excluding hydrogens is 271 g/mol. The van der Waals surface area contributed by atoms with Crippen molar-refractivity contribution < 1.29 is 4.79 Å². The molecule has 0 spiro atoms. The second-order valence-electron chi connectivity index (χ2n) is 4.40. The lowest BCUT2D eigenvalue weighted by Crippen LogP contribution is -2.31. The van der Waals surface area contributed by atoms with Crippen LogP contribution in [0.3, 0.4) is 0 Å². The molecule has 2 rings (SSSR count). The number of hydrogen-bond acceptors (Lipinski definition) is 2. The van der Waals surface area contributed by atoms with E-state index in [-0.39, 0.29) is 24.2 Å². The van der Waals surface area contributed by atoms with Gasteiger partial charge in [0, 0.05) is 24.0 Å². The average Bonchev–Trinajstić information content (AvgIpc) is 3.09. The Kier molecular flexibility index (Phi) is 5.93. The first-order valence-corrected chi connectivity index (χ1v) is 6.28. The SMILES string of the molecule is CNCCNC(=O)C1CC1c1cccc(Cl)c1.Cl. The van der Waals surface area contributed by atoms with Gasteiger partial charge >= 0.3 is 0 Å². The number of amides is 1. The van der Waals surface area contributed by atoms with Crippen molar-refractivity contribution in [3.63, 3.8) is 0 Å². The molecule has 1 aromatic rings. The van der Waals surface area contributed by atoms with E-state index in [1.54, 1.807) is 0 Å². The van der Waals surface area contributed by atoms with Crippen LogP contribution in [0, 0.1) is 5.92 Å². The fourth-order valence-corrected chi connectivity index (χ4v) is 2.23. The van der Waals surface area contributed by atoms with Crippen molar-refractivity contribution in [3.8, 4) is 0 Å². The van der Waals surface area contributed by atoms with E-state index in [1.165, 1.54) is 5.56 Å². The summed E-state index contributed by atoms with van der Waals surface area (Å²) in [6, 6.07) is 7.78. The maximum atomic E-state index is 11.8. The van der Waals surface area contributed by atoms with E-state index in [4.69, 9.17) is 11.6 Å². The van der Waals surface area contributed by atoms with Crippen LogP contribution in [-0.2, 0) is 4.79 Å². The summed E-state index contributed by atoms with van der Waals surface area (Å²) in [5.74, 6) is 0.638. The minimum atomic E-state index is 0. The molecule has 0 aromatic heterocycles. The molecule has 1 aliphatic rings. The monoisotopic (exact) mass is 288 g/mol. The largest absolute Gasteiger partial charge is 0.355 e. The molecule has 18 heavy (non-hydrogen) atoms. The summed E-state index contributed by atoms with van der Waals surface area (Å²) in [7, 11) is 1.87. The van der Waals surface area contributed by atoms with Crippen LogP contribution in [0.25, 0.3) is 0 Å². The van der Waals surface area contributed by atoms with Gasteiger partial charge in [-0.3, -0.25) is 4.79 Å². The highest BCUT2D eigenvalue weighted by molar-refractivity contribution is 6.30. The first-order chi connectivity index (χ1) is 8.22. The zero-order valence-corrected chi connectivity index (χ0v) is 11.9. The lowest BCUT2D eigenvalue weighted by molar-refractivity contribution is -0.122. The van der Waals surface area contributed by atoms with Crippen molar-refractivity contribution in [1.82, 2.24) is 10.6 Å². The number of carbonyl (C=O) groups excluding carboxylic acids is 1. The van der Waals surface area contributed by atoms with E-state index in [9.17, 15) is 4.79 Å². The molecule has 2 atom stereocenters. The minimum Gasteiger partial charge on any atom is -0.355 e. The topological polar surface area (TPSA) is 41.1 Å². The Hall–Kier alpha value is -0.770. The van der Waals surface area contributed by atoms with E-state index in [2.05, 4.69) is 10.6 Å². The van der Waals surface area contributed by atoms with Gasteiger partial charge in [0.2, 0.25) is 5.91 Å². The van der Waals surface area contributed by atoms with Gasteiger partial charge in [-0.1, -0.05) is 23.7 Å². The fourth-order valence-electron chi connectivity index (χ4n) is 2.03. The summed E-state index contributed by atoms with van der Waals surface area (Å²) in [6.45, 7) is 1.49.